The minimum Gasteiger partial charge on any atom is -0.494 e. The van der Waals surface area contributed by atoms with Crippen LogP contribution in [0.15, 0.2) is 42.5 Å². The average molecular weight is 283 g/mol. The van der Waals surface area contributed by atoms with Crippen molar-refractivity contribution >= 4 is 28.7 Å². The lowest BCUT2D eigenvalue weighted by molar-refractivity contribution is -0.115. The third-order valence-corrected chi connectivity index (χ3v) is 3.31. The number of benzene rings is 2. The lowest BCUT2D eigenvalue weighted by atomic mass is 10.1. The van der Waals surface area contributed by atoms with Gasteiger partial charge in [-0.25, -0.2) is 0 Å². The molecule has 1 heterocycles. The second-order valence-corrected chi connectivity index (χ2v) is 4.84. The molecule has 0 aliphatic carbocycles. The van der Waals surface area contributed by atoms with Gasteiger partial charge in [0.1, 0.15) is 12.3 Å². The number of nitrogens with two attached hydrogens (primary N) is 1. The predicted octanol–water partition coefficient (Wildman–Crippen LogP) is 2.76. The lowest BCUT2D eigenvalue weighted by Crippen LogP contribution is -2.35. The number of fused-ring (bicyclic) bond motifs is 1. The summed E-state index contributed by atoms with van der Waals surface area (Å²) in [5.74, 6) is 0.657. The molecule has 0 saturated heterocycles. The Morgan fingerprint density at radius 2 is 2.10 bits per heavy atom. The summed E-state index contributed by atoms with van der Waals surface area (Å²) in [5.41, 5.74) is 9.15. The first-order valence-electron chi connectivity index (χ1n) is 6.87. The van der Waals surface area contributed by atoms with E-state index in [1.165, 1.54) is 0 Å². The minimum atomic E-state index is -0.0471. The summed E-state index contributed by atoms with van der Waals surface area (Å²) >= 11 is 0. The van der Waals surface area contributed by atoms with Crippen LogP contribution in [0.4, 0.5) is 22.7 Å². The number of hydrogen-bond donors (Lipinski definition) is 2. The van der Waals surface area contributed by atoms with E-state index in [0.29, 0.717) is 18.0 Å². The maximum absolute atomic E-state index is 11.9. The van der Waals surface area contributed by atoms with Crippen LogP contribution in [-0.2, 0) is 4.79 Å². The molecule has 0 bridgehead atoms. The summed E-state index contributed by atoms with van der Waals surface area (Å²) in [6, 6.07) is 13.2. The largest absolute Gasteiger partial charge is 0.494 e. The number of ether oxygens (including phenoxy) is 1. The van der Waals surface area contributed by atoms with E-state index in [-0.39, 0.29) is 12.5 Å². The number of hydrogen-bond acceptors (Lipinski definition) is 4. The molecule has 5 nitrogen and oxygen atoms in total. The van der Waals surface area contributed by atoms with Gasteiger partial charge >= 0.3 is 0 Å². The van der Waals surface area contributed by atoms with Crippen LogP contribution in [0, 0.1) is 0 Å². The van der Waals surface area contributed by atoms with Crippen molar-refractivity contribution in [2.75, 3.05) is 29.1 Å². The molecule has 5 heteroatoms. The first kappa shape index (κ1) is 13.3. The fourth-order valence-electron chi connectivity index (χ4n) is 2.48. The summed E-state index contributed by atoms with van der Waals surface area (Å²) in [4.78, 5) is 13.8. The van der Waals surface area contributed by atoms with Crippen LogP contribution in [0.5, 0.6) is 5.75 Å². The highest BCUT2D eigenvalue weighted by atomic mass is 16.5. The molecule has 0 atom stereocenters. The van der Waals surface area contributed by atoms with E-state index in [1.807, 2.05) is 48.2 Å². The fourth-order valence-corrected chi connectivity index (χ4v) is 2.48. The van der Waals surface area contributed by atoms with Gasteiger partial charge in [0.05, 0.1) is 18.0 Å². The zero-order chi connectivity index (χ0) is 14.8. The molecule has 0 saturated carbocycles. The summed E-state index contributed by atoms with van der Waals surface area (Å²) in [6.45, 7) is 2.75. The fraction of sp³-hybridized carbons (Fsp3) is 0.188. The van der Waals surface area contributed by atoms with E-state index < -0.39 is 0 Å². The second kappa shape index (κ2) is 5.36. The van der Waals surface area contributed by atoms with Crippen LogP contribution in [0.2, 0.25) is 0 Å². The van der Waals surface area contributed by atoms with Gasteiger partial charge in [0.25, 0.3) is 0 Å². The molecular weight excluding hydrogens is 266 g/mol. The molecule has 2 aromatic rings. The zero-order valence-electron chi connectivity index (χ0n) is 11.8. The normalized spacial score (nSPS) is 13.6. The molecule has 0 aromatic heterocycles. The standard InChI is InChI=1S/C16H17N3O2/c1-2-21-13-8-11(17)7-12(9-13)19-10-16(20)18-14-5-3-4-6-15(14)19/h3-9H,2,10,17H2,1H3,(H,18,20). The predicted molar refractivity (Wildman–Crippen MR) is 84.1 cm³/mol. The Morgan fingerprint density at radius 1 is 1.29 bits per heavy atom. The van der Waals surface area contributed by atoms with Crippen molar-refractivity contribution in [1.29, 1.82) is 0 Å². The summed E-state index contributed by atoms with van der Waals surface area (Å²) < 4.78 is 5.53. The third-order valence-electron chi connectivity index (χ3n) is 3.31. The zero-order valence-corrected chi connectivity index (χ0v) is 11.8. The van der Waals surface area contributed by atoms with Gasteiger partial charge in [-0.05, 0) is 25.1 Å². The van der Waals surface area contributed by atoms with E-state index in [1.54, 1.807) is 6.07 Å². The van der Waals surface area contributed by atoms with Gasteiger partial charge in [0, 0.05) is 23.5 Å². The quantitative estimate of drug-likeness (QED) is 0.850. The minimum absolute atomic E-state index is 0.0471. The number of rotatable bonds is 3. The Labute approximate surface area is 123 Å². The molecule has 0 unspecified atom stereocenters. The van der Waals surface area contributed by atoms with Crippen molar-refractivity contribution in [3.63, 3.8) is 0 Å². The van der Waals surface area contributed by atoms with Crippen molar-refractivity contribution < 1.29 is 9.53 Å². The molecule has 1 aliphatic heterocycles. The lowest BCUT2D eigenvalue weighted by Gasteiger charge is -2.31. The summed E-state index contributed by atoms with van der Waals surface area (Å²) in [7, 11) is 0. The van der Waals surface area contributed by atoms with Gasteiger partial charge in [0.2, 0.25) is 5.91 Å². The topological polar surface area (TPSA) is 67.6 Å². The van der Waals surface area contributed by atoms with E-state index >= 15 is 0 Å². The maximum atomic E-state index is 11.9. The highest BCUT2D eigenvalue weighted by Gasteiger charge is 2.23. The first-order chi connectivity index (χ1) is 10.2. The molecular formula is C16H17N3O2. The number of anilines is 4. The van der Waals surface area contributed by atoms with Crippen molar-refractivity contribution in [2.45, 2.75) is 6.92 Å². The van der Waals surface area contributed by atoms with Crippen LogP contribution in [-0.4, -0.2) is 19.1 Å². The molecule has 1 amide bonds. The Hall–Kier alpha value is -2.69. The van der Waals surface area contributed by atoms with Gasteiger partial charge < -0.3 is 20.7 Å². The second-order valence-electron chi connectivity index (χ2n) is 4.84. The third kappa shape index (κ3) is 2.63. The van der Waals surface area contributed by atoms with Crippen molar-refractivity contribution in [3.8, 4) is 5.75 Å². The van der Waals surface area contributed by atoms with E-state index in [0.717, 1.165) is 17.1 Å². The van der Waals surface area contributed by atoms with Gasteiger partial charge in [-0.15, -0.1) is 0 Å². The van der Waals surface area contributed by atoms with Crippen LogP contribution in [0.1, 0.15) is 6.92 Å². The molecule has 0 radical (unpaired) electrons. The number of carbonyl (C=O) groups excluding carboxylic acids is 1. The Kier molecular flexibility index (Phi) is 3.39. The number of nitrogens with one attached hydrogen (secondary N) is 1. The van der Waals surface area contributed by atoms with E-state index in [9.17, 15) is 4.79 Å². The average Bonchev–Trinajstić information content (AvgIpc) is 2.46. The SMILES string of the molecule is CCOc1cc(N)cc(N2CC(=O)Nc3ccccc32)c1. The number of nitrogens with zero attached hydrogens (tertiary/aromatic N) is 1. The van der Waals surface area contributed by atoms with Gasteiger partial charge in [-0.1, -0.05) is 12.1 Å². The smallest absolute Gasteiger partial charge is 0.244 e. The van der Waals surface area contributed by atoms with Crippen molar-refractivity contribution in [2.24, 2.45) is 0 Å². The van der Waals surface area contributed by atoms with E-state index in [2.05, 4.69) is 5.32 Å². The highest BCUT2D eigenvalue weighted by molar-refractivity contribution is 6.03. The molecule has 3 rings (SSSR count). The summed E-state index contributed by atoms with van der Waals surface area (Å²) in [6.07, 6.45) is 0. The highest BCUT2D eigenvalue weighted by Crippen LogP contribution is 2.37. The van der Waals surface area contributed by atoms with Crippen LogP contribution < -0.4 is 20.7 Å². The first-order valence-corrected chi connectivity index (χ1v) is 6.87. The molecule has 3 N–H and O–H groups in total. The monoisotopic (exact) mass is 283 g/mol. The molecule has 2 aromatic carbocycles. The number of nitrogen functional groups attached to an aromatic ring is 1. The molecule has 1 aliphatic rings. The summed E-state index contributed by atoms with van der Waals surface area (Å²) in [5, 5.41) is 2.87. The Balaban J connectivity index is 2.06. The van der Waals surface area contributed by atoms with Crippen molar-refractivity contribution in [1.82, 2.24) is 0 Å². The molecule has 108 valence electrons. The molecule has 0 spiro atoms. The van der Waals surface area contributed by atoms with Crippen molar-refractivity contribution in [3.05, 3.63) is 42.5 Å². The van der Waals surface area contributed by atoms with Gasteiger partial charge in [0.15, 0.2) is 0 Å². The molecule has 0 fully saturated rings. The van der Waals surface area contributed by atoms with Crippen LogP contribution in [0.3, 0.4) is 0 Å². The van der Waals surface area contributed by atoms with Crippen LogP contribution >= 0.6 is 0 Å². The van der Waals surface area contributed by atoms with E-state index in [4.69, 9.17) is 10.5 Å². The Bertz CT molecular complexity index is 685. The number of para-hydroxylation sites is 2. The maximum Gasteiger partial charge on any atom is 0.244 e. The van der Waals surface area contributed by atoms with Gasteiger partial charge in [-0.2, -0.15) is 0 Å². The number of carbonyl (C=O) groups is 1. The Morgan fingerprint density at radius 3 is 2.90 bits per heavy atom. The van der Waals surface area contributed by atoms with Crippen LogP contribution in [0.25, 0.3) is 0 Å². The molecule has 21 heavy (non-hydrogen) atoms. The van der Waals surface area contributed by atoms with Gasteiger partial charge in [-0.3, -0.25) is 4.79 Å². The number of amides is 1.